The zero-order valence-corrected chi connectivity index (χ0v) is 15.0. The van der Waals surface area contributed by atoms with Gasteiger partial charge in [0.2, 0.25) is 5.91 Å². The molecule has 0 aliphatic carbocycles. The molecule has 0 saturated heterocycles. The van der Waals surface area contributed by atoms with Crippen LogP contribution < -0.4 is 5.84 Å². The topological polar surface area (TPSA) is 51.3 Å². The van der Waals surface area contributed by atoms with Crippen molar-refractivity contribution in [2.75, 3.05) is 12.4 Å². The Balaban J connectivity index is 1.99. The van der Waals surface area contributed by atoms with Crippen LogP contribution >= 0.6 is 11.6 Å². The van der Waals surface area contributed by atoms with Gasteiger partial charge in [-0.05, 0) is 42.7 Å². The van der Waals surface area contributed by atoms with Gasteiger partial charge in [-0.1, -0.05) is 41.4 Å². The summed E-state index contributed by atoms with van der Waals surface area (Å²) in [7, 11) is 0. The number of aromatic nitrogens is 1. The first-order valence-electron chi connectivity index (χ1n) is 8.39. The highest BCUT2D eigenvalue weighted by Crippen LogP contribution is 2.40. The molecule has 2 aromatic carbocycles. The number of nitrogens with zero attached hydrogens (tertiary/aromatic N) is 2. The molecule has 25 heavy (non-hydrogen) atoms. The minimum absolute atomic E-state index is 0.0551. The van der Waals surface area contributed by atoms with E-state index in [1.165, 1.54) is 11.1 Å². The molecular formula is C20H20ClN3O. The fourth-order valence-electron chi connectivity index (χ4n) is 3.87. The van der Waals surface area contributed by atoms with Gasteiger partial charge < -0.3 is 10.7 Å². The van der Waals surface area contributed by atoms with Crippen molar-refractivity contribution in [3.8, 4) is 0 Å². The van der Waals surface area contributed by atoms with Crippen molar-refractivity contribution in [3.63, 3.8) is 0 Å². The molecule has 0 saturated carbocycles. The molecule has 5 heteroatoms. The number of amides is 1. The maximum absolute atomic E-state index is 12.3. The van der Waals surface area contributed by atoms with E-state index in [2.05, 4.69) is 31.2 Å². The number of hydrogen-bond acceptors (Lipinski definition) is 2. The first-order chi connectivity index (χ1) is 12.0. The second kappa shape index (κ2) is 5.81. The SMILES string of the molecule is CC(=O)N1CCc2c(n(N)c3ccc(Cl)cc23)C1c1ccc(C)cc1. The zero-order valence-electron chi connectivity index (χ0n) is 14.3. The minimum atomic E-state index is -0.182. The van der Waals surface area contributed by atoms with Gasteiger partial charge in [-0.15, -0.1) is 0 Å². The molecule has 1 aromatic heterocycles. The van der Waals surface area contributed by atoms with Crippen LogP contribution in [0.25, 0.3) is 10.9 Å². The van der Waals surface area contributed by atoms with Crippen LogP contribution in [0.5, 0.6) is 0 Å². The highest BCUT2D eigenvalue weighted by Gasteiger charge is 2.35. The molecule has 0 radical (unpaired) electrons. The third-order valence-electron chi connectivity index (χ3n) is 5.08. The van der Waals surface area contributed by atoms with Crippen LogP contribution in [0.1, 0.15) is 35.3 Å². The average Bonchev–Trinajstić information content (AvgIpc) is 2.87. The van der Waals surface area contributed by atoms with Crippen LogP contribution in [0.3, 0.4) is 0 Å². The standard InChI is InChI=1S/C20H20ClN3O/c1-12-3-5-14(6-4-12)19-20-16(9-10-23(19)13(2)25)17-11-15(21)7-8-18(17)24(20)22/h3-8,11,19H,9-10,22H2,1-2H3. The van der Waals surface area contributed by atoms with Crippen molar-refractivity contribution < 1.29 is 4.79 Å². The smallest absolute Gasteiger partial charge is 0.220 e. The first kappa shape index (κ1) is 16.0. The third kappa shape index (κ3) is 2.48. The van der Waals surface area contributed by atoms with Crippen LogP contribution in [0.4, 0.5) is 0 Å². The third-order valence-corrected chi connectivity index (χ3v) is 5.32. The number of benzene rings is 2. The molecule has 2 heterocycles. The molecule has 1 unspecified atom stereocenters. The van der Waals surface area contributed by atoms with E-state index in [0.717, 1.165) is 28.6 Å². The van der Waals surface area contributed by atoms with Gasteiger partial charge in [0.05, 0.1) is 17.3 Å². The Labute approximate surface area is 151 Å². The Kier molecular flexibility index (Phi) is 3.73. The van der Waals surface area contributed by atoms with Crippen molar-refractivity contribution in [1.82, 2.24) is 9.58 Å². The number of carbonyl (C=O) groups excluding carboxylic acids is 1. The molecule has 128 valence electrons. The van der Waals surface area contributed by atoms with Gasteiger partial charge >= 0.3 is 0 Å². The van der Waals surface area contributed by atoms with E-state index in [4.69, 9.17) is 17.4 Å². The highest BCUT2D eigenvalue weighted by molar-refractivity contribution is 6.31. The molecule has 0 spiro atoms. The summed E-state index contributed by atoms with van der Waals surface area (Å²) in [5.74, 6) is 6.52. The number of nitrogen functional groups attached to an aromatic ring is 1. The van der Waals surface area contributed by atoms with E-state index in [9.17, 15) is 4.79 Å². The lowest BCUT2D eigenvalue weighted by atomic mass is 9.92. The van der Waals surface area contributed by atoms with E-state index in [0.29, 0.717) is 11.6 Å². The van der Waals surface area contributed by atoms with Gasteiger partial charge in [-0.3, -0.25) is 9.47 Å². The summed E-state index contributed by atoms with van der Waals surface area (Å²) in [6.07, 6.45) is 0.776. The van der Waals surface area contributed by atoms with Crippen LogP contribution in [0.15, 0.2) is 42.5 Å². The lowest BCUT2D eigenvalue weighted by molar-refractivity contribution is -0.130. The van der Waals surface area contributed by atoms with Gasteiger partial charge in [0, 0.05) is 23.9 Å². The zero-order chi connectivity index (χ0) is 17.7. The number of hydrogen-bond donors (Lipinski definition) is 1. The molecule has 1 aliphatic heterocycles. The Bertz CT molecular complexity index is 975. The van der Waals surface area contributed by atoms with Crippen molar-refractivity contribution >= 4 is 28.4 Å². The van der Waals surface area contributed by atoms with Gasteiger partial charge in [0.25, 0.3) is 0 Å². The highest BCUT2D eigenvalue weighted by atomic mass is 35.5. The Hall–Kier alpha value is -2.46. The van der Waals surface area contributed by atoms with E-state index in [-0.39, 0.29) is 11.9 Å². The average molecular weight is 354 g/mol. The number of halogens is 1. The summed E-state index contributed by atoms with van der Waals surface area (Å²) in [5.41, 5.74) is 5.36. The molecule has 4 rings (SSSR count). The fourth-order valence-corrected chi connectivity index (χ4v) is 4.04. The van der Waals surface area contributed by atoms with Crippen LogP contribution in [-0.2, 0) is 11.2 Å². The van der Waals surface area contributed by atoms with E-state index in [1.807, 2.05) is 23.1 Å². The second-order valence-corrected chi connectivity index (χ2v) is 7.11. The first-order valence-corrected chi connectivity index (χ1v) is 8.76. The van der Waals surface area contributed by atoms with Crippen LogP contribution in [0, 0.1) is 6.92 Å². The number of nitrogens with two attached hydrogens (primary N) is 1. The minimum Gasteiger partial charge on any atom is -0.339 e. The Morgan fingerprint density at radius 2 is 1.92 bits per heavy atom. The van der Waals surface area contributed by atoms with Gasteiger partial charge in [0.1, 0.15) is 0 Å². The van der Waals surface area contributed by atoms with E-state index in [1.54, 1.807) is 11.6 Å². The maximum atomic E-state index is 12.3. The Morgan fingerprint density at radius 3 is 2.60 bits per heavy atom. The summed E-state index contributed by atoms with van der Waals surface area (Å²) in [4.78, 5) is 14.2. The normalized spacial score (nSPS) is 16.9. The van der Waals surface area contributed by atoms with Crippen molar-refractivity contribution in [3.05, 3.63) is 69.9 Å². The summed E-state index contributed by atoms with van der Waals surface area (Å²) in [6, 6.07) is 13.9. The molecule has 0 bridgehead atoms. The lowest BCUT2D eigenvalue weighted by Crippen LogP contribution is -2.40. The number of aryl methyl sites for hydroxylation is 1. The van der Waals surface area contributed by atoms with Gasteiger partial charge in [0.15, 0.2) is 0 Å². The summed E-state index contributed by atoms with van der Waals surface area (Å²) < 4.78 is 1.72. The summed E-state index contributed by atoms with van der Waals surface area (Å²) in [5, 5.41) is 1.77. The quantitative estimate of drug-likeness (QED) is 0.676. The number of carbonyl (C=O) groups is 1. The number of rotatable bonds is 1. The fraction of sp³-hybridized carbons (Fsp3) is 0.250. The predicted octanol–water partition coefficient (Wildman–Crippen LogP) is 3.81. The molecule has 2 N–H and O–H groups in total. The van der Waals surface area contributed by atoms with Crippen molar-refractivity contribution in [2.45, 2.75) is 26.3 Å². The summed E-state index contributed by atoms with van der Waals surface area (Å²) in [6.45, 7) is 4.35. The lowest BCUT2D eigenvalue weighted by Gasteiger charge is -2.36. The van der Waals surface area contributed by atoms with Crippen molar-refractivity contribution in [2.24, 2.45) is 0 Å². The molecular weight excluding hydrogens is 334 g/mol. The Morgan fingerprint density at radius 1 is 1.20 bits per heavy atom. The molecule has 1 atom stereocenters. The number of fused-ring (bicyclic) bond motifs is 3. The van der Waals surface area contributed by atoms with Crippen LogP contribution in [-0.4, -0.2) is 22.0 Å². The maximum Gasteiger partial charge on any atom is 0.220 e. The van der Waals surface area contributed by atoms with Gasteiger partial charge in [-0.25, -0.2) is 0 Å². The molecule has 0 fully saturated rings. The predicted molar refractivity (Wildman–Crippen MR) is 101 cm³/mol. The van der Waals surface area contributed by atoms with Crippen LogP contribution in [0.2, 0.25) is 5.02 Å². The monoisotopic (exact) mass is 353 g/mol. The molecule has 3 aromatic rings. The van der Waals surface area contributed by atoms with Crippen molar-refractivity contribution in [1.29, 1.82) is 0 Å². The molecule has 1 aliphatic rings. The van der Waals surface area contributed by atoms with E-state index < -0.39 is 0 Å². The second-order valence-electron chi connectivity index (χ2n) is 6.67. The van der Waals surface area contributed by atoms with Gasteiger partial charge in [-0.2, -0.15) is 0 Å². The largest absolute Gasteiger partial charge is 0.339 e. The molecule has 4 nitrogen and oxygen atoms in total. The summed E-state index contributed by atoms with van der Waals surface area (Å²) >= 11 is 6.21. The van der Waals surface area contributed by atoms with E-state index >= 15 is 0 Å². The molecule has 1 amide bonds.